The molecule has 0 aromatic heterocycles. The van der Waals surface area contributed by atoms with Crippen molar-refractivity contribution in [1.82, 2.24) is 4.90 Å². The van der Waals surface area contributed by atoms with Crippen molar-refractivity contribution < 1.29 is 19.0 Å². The van der Waals surface area contributed by atoms with Gasteiger partial charge in [0.15, 0.2) is 18.1 Å². The smallest absolute Gasteiger partial charge is 0.260 e. The molecule has 5 nitrogen and oxygen atoms in total. The van der Waals surface area contributed by atoms with Crippen LogP contribution < -0.4 is 14.2 Å². The van der Waals surface area contributed by atoms with E-state index in [1.165, 1.54) is 0 Å². The zero-order chi connectivity index (χ0) is 18.7. The number of para-hydroxylation sites is 1. The monoisotopic (exact) mass is 355 g/mol. The third-order valence-corrected chi connectivity index (χ3v) is 4.39. The Morgan fingerprint density at radius 1 is 1.23 bits per heavy atom. The van der Waals surface area contributed by atoms with Gasteiger partial charge in [-0.3, -0.25) is 4.79 Å². The molecular formula is C21H25NO4. The molecule has 2 aromatic rings. The van der Waals surface area contributed by atoms with Crippen LogP contribution in [0.15, 0.2) is 42.5 Å². The van der Waals surface area contributed by atoms with Gasteiger partial charge in [0.1, 0.15) is 11.4 Å². The molecule has 138 valence electrons. The van der Waals surface area contributed by atoms with Crippen molar-refractivity contribution in [2.24, 2.45) is 0 Å². The summed E-state index contributed by atoms with van der Waals surface area (Å²) in [5.41, 5.74) is 1.88. The lowest BCUT2D eigenvalue weighted by Gasteiger charge is -2.20. The Bertz CT molecular complexity index is 800. The summed E-state index contributed by atoms with van der Waals surface area (Å²) in [5, 5.41) is 0. The molecule has 1 heterocycles. The fourth-order valence-electron chi connectivity index (χ4n) is 3.08. The number of likely N-dealkylation sites (N-methyl/N-ethyl adjacent to an activating group) is 1. The van der Waals surface area contributed by atoms with Crippen LogP contribution >= 0.6 is 0 Å². The molecule has 1 aliphatic heterocycles. The van der Waals surface area contributed by atoms with Gasteiger partial charge in [0.25, 0.3) is 5.91 Å². The highest BCUT2D eigenvalue weighted by atomic mass is 16.5. The van der Waals surface area contributed by atoms with Crippen LogP contribution in [-0.2, 0) is 17.8 Å². The molecule has 5 heteroatoms. The molecule has 0 N–H and O–H groups in total. The van der Waals surface area contributed by atoms with Gasteiger partial charge in [-0.05, 0) is 37.6 Å². The fourth-order valence-corrected chi connectivity index (χ4v) is 3.08. The zero-order valence-corrected chi connectivity index (χ0v) is 15.7. The Labute approximate surface area is 154 Å². The van der Waals surface area contributed by atoms with Crippen LogP contribution in [0.4, 0.5) is 0 Å². The molecule has 0 spiro atoms. The molecule has 0 radical (unpaired) electrons. The van der Waals surface area contributed by atoms with Crippen LogP contribution in [0.5, 0.6) is 17.2 Å². The minimum atomic E-state index is -0.241. The average molecular weight is 355 g/mol. The standard InChI is InChI=1S/C21H25NO4/c1-21(2)12-16-8-6-10-18(20(16)26-21)25-14-19(23)22(3)13-15-7-5-9-17(11-15)24-4/h5-11H,12-14H2,1-4H3. The van der Waals surface area contributed by atoms with Gasteiger partial charge in [0.05, 0.1) is 7.11 Å². The van der Waals surface area contributed by atoms with Gasteiger partial charge < -0.3 is 19.1 Å². The lowest BCUT2D eigenvalue weighted by Crippen LogP contribution is -2.31. The van der Waals surface area contributed by atoms with Crippen LogP contribution in [0.25, 0.3) is 0 Å². The van der Waals surface area contributed by atoms with E-state index in [9.17, 15) is 4.79 Å². The predicted octanol–water partition coefficient (Wildman–Crippen LogP) is 3.45. The molecule has 1 aliphatic rings. The Morgan fingerprint density at radius 3 is 2.77 bits per heavy atom. The van der Waals surface area contributed by atoms with Gasteiger partial charge in [0.2, 0.25) is 0 Å². The Hall–Kier alpha value is -2.69. The number of hydrogen-bond donors (Lipinski definition) is 0. The van der Waals surface area contributed by atoms with Crippen LogP contribution in [0, 0.1) is 0 Å². The normalized spacial score (nSPS) is 14.3. The van der Waals surface area contributed by atoms with Crippen molar-refractivity contribution in [3.63, 3.8) is 0 Å². The topological polar surface area (TPSA) is 48.0 Å². The summed E-state index contributed by atoms with van der Waals surface area (Å²) in [6.45, 7) is 4.56. The first-order chi connectivity index (χ1) is 12.4. The molecule has 0 saturated carbocycles. The number of nitrogens with zero attached hydrogens (tertiary/aromatic N) is 1. The van der Waals surface area contributed by atoms with Crippen LogP contribution in [0.3, 0.4) is 0 Å². The number of rotatable bonds is 6. The van der Waals surface area contributed by atoms with Crippen molar-refractivity contribution in [2.75, 3.05) is 20.8 Å². The summed E-state index contributed by atoms with van der Waals surface area (Å²) in [6, 6.07) is 13.5. The zero-order valence-electron chi connectivity index (χ0n) is 15.7. The molecule has 0 fully saturated rings. The van der Waals surface area contributed by atoms with Crippen LogP contribution in [0.2, 0.25) is 0 Å². The molecule has 1 amide bonds. The molecule has 0 aliphatic carbocycles. The molecule has 0 bridgehead atoms. The first-order valence-corrected chi connectivity index (χ1v) is 8.68. The number of fused-ring (bicyclic) bond motifs is 1. The summed E-state index contributed by atoms with van der Waals surface area (Å²) in [6.07, 6.45) is 0.837. The summed E-state index contributed by atoms with van der Waals surface area (Å²) >= 11 is 0. The van der Waals surface area contributed by atoms with Crippen molar-refractivity contribution >= 4 is 5.91 Å². The maximum absolute atomic E-state index is 12.4. The third-order valence-electron chi connectivity index (χ3n) is 4.39. The Balaban J connectivity index is 1.60. The average Bonchev–Trinajstić information content (AvgIpc) is 2.94. The minimum absolute atomic E-state index is 0.0271. The second-order valence-electron chi connectivity index (χ2n) is 7.17. The molecule has 0 unspecified atom stereocenters. The van der Waals surface area contributed by atoms with Gasteiger partial charge in [-0.25, -0.2) is 0 Å². The van der Waals surface area contributed by atoms with E-state index >= 15 is 0 Å². The highest BCUT2D eigenvalue weighted by Crippen LogP contribution is 2.41. The van der Waals surface area contributed by atoms with E-state index in [1.54, 1.807) is 19.1 Å². The molecule has 0 atom stereocenters. The first-order valence-electron chi connectivity index (χ1n) is 8.68. The maximum atomic E-state index is 12.4. The molecule has 3 rings (SSSR count). The van der Waals surface area contributed by atoms with E-state index in [2.05, 4.69) is 0 Å². The number of carbonyl (C=O) groups excluding carboxylic acids is 1. The minimum Gasteiger partial charge on any atom is -0.497 e. The van der Waals surface area contributed by atoms with Crippen molar-refractivity contribution in [2.45, 2.75) is 32.4 Å². The molecular weight excluding hydrogens is 330 g/mol. The summed E-state index contributed by atoms with van der Waals surface area (Å²) in [5.74, 6) is 2.05. The quantitative estimate of drug-likeness (QED) is 0.796. The van der Waals surface area contributed by atoms with Gasteiger partial charge in [-0.2, -0.15) is 0 Å². The summed E-state index contributed by atoms with van der Waals surface area (Å²) in [4.78, 5) is 14.1. The largest absolute Gasteiger partial charge is 0.497 e. The lowest BCUT2D eigenvalue weighted by atomic mass is 10.0. The SMILES string of the molecule is COc1cccc(CN(C)C(=O)COc2cccc3c2OC(C)(C)C3)c1. The van der Waals surface area contributed by atoms with Gasteiger partial charge >= 0.3 is 0 Å². The van der Waals surface area contributed by atoms with E-state index in [0.29, 0.717) is 12.3 Å². The molecule has 2 aromatic carbocycles. The summed E-state index contributed by atoms with van der Waals surface area (Å²) < 4.78 is 17.0. The van der Waals surface area contributed by atoms with Gasteiger partial charge in [-0.1, -0.05) is 24.3 Å². The number of benzene rings is 2. The molecule has 26 heavy (non-hydrogen) atoms. The predicted molar refractivity (Wildman–Crippen MR) is 99.8 cm³/mol. The second-order valence-corrected chi connectivity index (χ2v) is 7.17. The van der Waals surface area contributed by atoms with E-state index in [1.807, 2.05) is 56.3 Å². The Kier molecular flexibility index (Phi) is 5.07. The first kappa shape index (κ1) is 18.1. The van der Waals surface area contributed by atoms with E-state index < -0.39 is 0 Å². The maximum Gasteiger partial charge on any atom is 0.260 e. The van der Waals surface area contributed by atoms with Crippen molar-refractivity contribution in [3.05, 3.63) is 53.6 Å². The van der Waals surface area contributed by atoms with Crippen molar-refractivity contribution in [1.29, 1.82) is 0 Å². The van der Waals surface area contributed by atoms with E-state index in [4.69, 9.17) is 14.2 Å². The highest BCUT2D eigenvalue weighted by Gasteiger charge is 2.32. The fraction of sp³-hybridized carbons (Fsp3) is 0.381. The number of carbonyl (C=O) groups is 1. The summed E-state index contributed by atoms with van der Waals surface area (Å²) in [7, 11) is 3.39. The van der Waals surface area contributed by atoms with Gasteiger partial charge in [0, 0.05) is 25.6 Å². The van der Waals surface area contributed by atoms with Crippen molar-refractivity contribution in [3.8, 4) is 17.2 Å². The molecule has 0 saturated heterocycles. The number of methoxy groups -OCH3 is 1. The van der Waals surface area contributed by atoms with E-state index in [-0.39, 0.29) is 18.1 Å². The third kappa shape index (κ3) is 4.10. The second kappa shape index (κ2) is 7.28. The number of hydrogen-bond acceptors (Lipinski definition) is 4. The number of ether oxygens (including phenoxy) is 3. The Morgan fingerprint density at radius 2 is 2.00 bits per heavy atom. The van der Waals surface area contributed by atoms with E-state index in [0.717, 1.165) is 29.0 Å². The van der Waals surface area contributed by atoms with Crippen LogP contribution in [0.1, 0.15) is 25.0 Å². The lowest BCUT2D eigenvalue weighted by molar-refractivity contribution is -0.132. The number of amides is 1. The highest BCUT2D eigenvalue weighted by molar-refractivity contribution is 5.77. The van der Waals surface area contributed by atoms with Gasteiger partial charge in [-0.15, -0.1) is 0 Å². The van der Waals surface area contributed by atoms with Crippen LogP contribution in [-0.4, -0.2) is 37.2 Å².